The number of nitro groups is 1. The van der Waals surface area contributed by atoms with E-state index in [2.05, 4.69) is 4.74 Å². The number of carbonyl (C=O) groups excluding carboxylic acids is 1. The number of phenols is 1. The number of phenolic OH excluding ortho intramolecular Hbond substituents is 1. The molecule has 7 heteroatoms. The molecule has 19 heavy (non-hydrogen) atoms. The van der Waals surface area contributed by atoms with Crippen LogP contribution in [0.3, 0.4) is 0 Å². The van der Waals surface area contributed by atoms with E-state index >= 15 is 0 Å². The van der Waals surface area contributed by atoms with Crippen LogP contribution in [0.1, 0.15) is 36.7 Å². The van der Waals surface area contributed by atoms with Gasteiger partial charge in [0, 0.05) is 11.6 Å². The van der Waals surface area contributed by atoms with Crippen LogP contribution in [0.25, 0.3) is 0 Å². The summed E-state index contributed by atoms with van der Waals surface area (Å²) < 4.78 is 18.2. The molecule has 0 atom stereocenters. The first-order valence-electron chi connectivity index (χ1n) is 5.40. The van der Waals surface area contributed by atoms with Crippen LogP contribution in [0.15, 0.2) is 6.07 Å². The lowest BCUT2D eigenvalue weighted by molar-refractivity contribution is -0.387. The van der Waals surface area contributed by atoms with Crippen molar-refractivity contribution >= 4 is 11.7 Å². The fourth-order valence-corrected chi connectivity index (χ4v) is 1.63. The fourth-order valence-electron chi connectivity index (χ4n) is 1.63. The Hall–Kier alpha value is -2.18. The molecular formula is C12H14FNO5. The molecule has 0 aliphatic heterocycles. The highest BCUT2D eigenvalue weighted by atomic mass is 19.1. The van der Waals surface area contributed by atoms with E-state index in [1.165, 1.54) is 0 Å². The van der Waals surface area contributed by atoms with Crippen LogP contribution in [0.4, 0.5) is 10.1 Å². The van der Waals surface area contributed by atoms with Gasteiger partial charge in [0.1, 0.15) is 11.3 Å². The monoisotopic (exact) mass is 271 g/mol. The summed E-state index contributed by atoms with van der Waals surface area (Å²) in [7, 11) is 0.997. The number of carbonyl (C=O) groups is 1. The van der Waals surface area contributed by atoms with Crippen LogP contribution in [0.5, 0.6) is 5.75 Å². The van der Waals surface area contributed by atoms with Gasteiger partial charge in [-0.3, -0.25) is 10.1 Å². The Kier molecular flexibility index (Phi) is 3.78. The number of halogens is 1. The minimum absolute atomic E-state index is 0.0981. The number of benzene rings is 1. The molecule has 0 saturated heterocycles. The summed E-state index contributed by atoms with van der Waals surface area (Å²) in [4.78, 5) is 21.3. The molecule has 0 aliphatic carbocycles. The lowest BCUT2D eigenvalue weighted by atomic mass is 9.84. The number of hydrogen-bond acceptors (Lipinski definition) is 5. The van der Waals surface area contributed by atoms with Crippen molar-refractivity contribution in [1.82, 2.24) is 0 Å². The molecule has 0 amide bonds. The van der Waals surface area contributed by atoms with Crippen LogP contribution in [-0.4, -0.2) is 23.1 Å². The summed E-state index contributed by atoms with van der Waals surface area (Å²) in [6.07, 6.45) is 0. The summed E-state index contributed by atoms with van der Waals surface area (Å²) in [5, 5.41) is 20.8. The minimum Gasteiger partial charge on any atom is -0.507 e. The third-order valence-electron chi connectivity index (χ3n) is 2.61. The number of nitro benzene ring substituents is 1. The maximum atomic E-state index is 13.9. The second kappa shape index (κ2) is 4.83. The van der Waals surface area contributed by atoms with E-state index in [0.29, 0.717) is 0 Å². The average molecular weight is 271 g/mol. The molecule has 1 N–H and O–H groups in total. The SMILES string of the molecule is COC(=O)c1c(O)c(C(C)(C)C)cc([N+](=O)[O-])c1F. The van der Waals surface area contributed by atoms with Crippen molar-refractivity contribution in [2.24, 2.45) is 0 Å². The molecule has 0 aromatic heterocycles. The smallest absolute Gasteiger partial charge is 0.344 e. The molecule has 6 nitrogen and oxygen atoms in total. The number of rotatable bonds is 2. The maximum Gasteiger partial charge on any atom is 0.344 e. The van der Waals surface area contributed by atoms with Crippen LogP contribution in [-0.2, 0) is 10.2 Å². The van der Waals surface area contributed by atoms with Gasteiger partial charge in [-0.2, -0.15) is 4.39 Å². The Balaban J connectivity index is 3.76. The largest absolute Gasteiger partial charge is 0.507 e. The lowest BCUT2D eigenvalue weighted by Gasteiger charge is -2.21. The van der Waals surface area contributed by atoms with Crippen molar-refractivity contribution in [3.8, 4) is 5.75 Å². The zero-order chi connectivity index (χ0) is 15.0. The molecule has 0 fully saturated rings. The number of methoxy groups -OCH3 is 1. The zero-order valence-corrected chi connectivity index (χ0v) is 11.0. The zero-order valence-electron chi connectivity index (χ0n) is 11.0. The summed E-state index contributed by atoms with van der Waals surface area (Å²) in [6.45, 7) is 5.01. The van der Waals surface area contributed by atoms with Gasteiger partial charge in [-0.15, -0.1) is 0 Å². The second-order valence-electron chi connectivity index (χ2n) is 4.98. The molecule has 0 saturated carbocycles. The maximum absolute atomic E-state index is 13.9. The van der Waals surface area contributed by atoms with Crippen LogP contribution >= 0.6 is 0 Å². The van der Waals surface area contributed by atoms with Gasteiger partial charge >= 0.3 is 11.7 Å². The van der Waals surface area contributed by atoms with Crippen molar-refractivity contribution in [1.29, 1.82) is 0 Å². The second-order valence-corrected chi connectivity index (χ2v) is 4.98. The molecule has 0 heterocycles. The molecular weight excluding hydrogens is 257 g/mol. The predicted molar refractivity (Wildman–Crippen MR) is 64.8 cm³/mol. The summed E-state index contributed by atoms with van der Waals surface area (Å²) in [5.41, 5.74) is -2.29. The summed E-state index contributed by atoms with van der Waals surface area (Å²) in [5.74, 6) is -3.20. The number of ether oxygens (including phenoxy) is 1. The van der Waals surface area contributed by atoms with Crippen molar-refractivity contribution < 1.29 is 24.0 Å². The van der Waals surface area contributed by atoms with Gasteiger partial charge in [0.2, 0.25) is 5.82 Å². The van der Waals surface area contributed by atoms with E-state index in [0.717, 1.165) is 13.2 Å². The highest BCUT2D eigenvalue weighted by Crippen LogP contribution is 2.39. The van der Waals surface area contributed by atoms with E-state index in [4.69, 9.17) is 0 Å². The molecule has 1 rings (SSSR count). The van der Waals surface area contributed by atoms with E-state index in [1.807, 2.05) is 0 Å². The summed E-state index contributed by atoms with van der Waals surface area (Å²) >= 11 is 0. The van der Waals surface area contributed by atoms with Crippen molar-refractivity contribution in [2.45, 2.75) is 26.2 Å². The molecule has 0 aliphatic rings. The Morgan fingerprint density at radius 1 is 1.47 bits per heavy atom. The third-order valence-corrected chi connectivity index (χ3v) is 2.61. The van der Waals surface area contributed by atoms with Crippen LogP contribution in [0, 0.1) is 15.9 Å². The Morgan fingerprint density at radius 3 is 2.37 bits per heavy atom. The highest BCUT2D eigenvalue weighted by Gasteiger charge is 2.33. The topological polar surface area (TPSA) is 89.7 Å². The number of hydrogen-bond donors (Lipinski definition) is 1. The first-order valence-corrected chi connectivity index (χ1v) is 5.40. The van der Waals surface area contributed by atoms with E-state index in [-0.39, 0.29) is 5.56 Å². The average Bonchev–Trinajstić information content (AvgIpc) is 2.26. The van der Waals surface area contributed by atoms with Gasteiger partial charge in [-0.05, 0) is 5.41 Å². The predicted octanol–water partition coefficient (Wildman–Crippen LogP) is 2.52. The van der Waals surface area contributed by atoms with Gasteiger partial charge in [-0.25, -0.2) is 4.79 Å². The molecule has 0 bridgehead atoms. The van der Waals surface area contributed by atoms with Crippen molar-refractivity contribution in [3.05, 3.63) is 33.1 Å². The number of nitrogens with zero attached hydrogens (tertiary/aromatic N) is 1. The number of esters is 1. The highest BCUT2D eigenvalue weighted by molar-refractivity contribution is 5.94. The lowest BCUT2D eigenvalue weighted by Crippen LogP contribution is -2.16. The quantitative estimate of drug-likeness (QED) is 0.507. The summed E-state index contributed by atoms with van der Waals surface area (Å²) in [6, 6.07) is 0.928. The molecule has 0 radical (unpaired) electrons. The van der Waals surface area contributed by atoms with Crippen LogP contribution < -0.4 is 0 Å². The standard InChI is InChI=1S/C12H14FNO5/c1-12(2,3)6-5-7(14(17)18)9(13)8(10(6)15)11(16)19-4/h5,15H,1-4H3. The van der Waals surface area contributed by atoms with E-state index < -0.39 is 39.1 Å². The van der Waals surface area contributed by atoms with Gasteiger partial charge in [-0.1, -0.05) is 20.8 Å². The minimum atomic E-state index is -1.40. The Labute approximate surface area is 109 Å². The first-order chi connectivity index (χ1) is 8.61. The molecule has 1 aromatic carbocycles. The molecule has 1 aromatic rings. The normalized spacial score (nSPS) is 11.2. The molecule has 0 unspecified atom stereocenters. The first kappa shape index (κ1) is 14.9. The Bertz CT molecular complexity index is 548. The van der Waals surface area contributed by atoms with Gasteiger partial charge in [0.25, 0.3) is 0 Å². The molecule has 0 spiro atoms. The number of aromatic hydroxyl groups is 1. The van der Waals surface area contributed by atoms with Gasteiger partial charge in [0.05, 0.1) is 12.0 Å². The third kappa shape index (κ3) is 2.64. The van der Waals surface area contributed by atoms with Gasteiger partial charge < -0.3 is 9.84 Å². The van der Waals surface area contributed by atoms with Crippen molar-refractivity contribution in [2.75, 3.05) is 7.11 Å². The van der Waals surface area contributed by atoms with E-state index in [1.54, 1.807) is 20.8 Å². The Morgan fingerprint density at radius 2 is 2.00 bits per heavy atom. The fraction of sp³-hybridized carbons (Fsp3) is 0.417. The van der Waals surface area contributed by atoms with Crippen molar-refractivity contribution in [3.63, 3.8) is 0 Å². The van der Waals surface area contributed by atoms with Crippen LogP contribution in [0.2, 0.25) is 0 Å². The van der Waals surface area contributed by atoms with E-state index in [9.17, 15) is 24.4 Å². The molecule has 104 valence electrons. The van der Waals surface area contributed by atoms with Gasteiger partial charge in [0.15, 0.2) is 0 Å².